The zero-order valence-electron chi connectivity index (χ0n) is 15.8. The monoisotopic (exact) mass is 420 g/mol. The van der Waals surface area contributed by atoms with E-state index in [-0.39, 0.29) is 30.2 Å². The molecular formula is C21H25ClN2O3S. The number of benzene rings is 2. The van der Waals surface area contributed by atoms with Gasteiger partial charge >= 0.3 is 0 Å². The lowest BCUT2D eigenvalue weighted by atomic mass is 9.98. The molecule has 1 N–H and O–H groups in total. The first-order valence-electron chi connectivity index (χ1n) is 9.43. The molecular weight excluding hydrogens is 396 g/mol. The van der Waals surface area contributed by atoms with Gasteiger partial charge in [0.15, 0.2) is 0 Å². The van der Waals surface area contributed by atoms with E-state index in [4.69, 9.17) is 11.6 Å². The van der Waals surface area contributed by atoms with Crippen LogP contribution in [0.5, 0.6) is 0 Å². The van der Waals surface area contributed by atoms with Crippen LogP contribution in [-0.2, 0) is 20.6 Å². The average Bonchev–Trinajstić information content (AvgIpc) is 2.68. The van der Waals surface area contributed by atoms with Crippen LogP contribution in [0.3, 0.4) is 0 Å². The SMILES string of the molecule is C[C@@H](NC(=O)C1CCCN(S(=O)(=O)Cc2cccc(Cl)c2)C1)c1ccccc1. The second kappa shape index (κ2) is 9.07. The van der Waals surface area contributed by atoms with Gasteiger partial charge in [0.1, 0.15) is 0 Å². The van der Waals surface area contributed by atoms with E-state index in [2.05, 4.69) is 5.32 Å². The summed E-state index contributed by atoms with van der Waals surface area (Å²) >= 11 is 5.96. The highest BCUT2D eigenvalue weighted by atomic mass is 35.5. The number of piperidine rings is 1. The molecule has 1 heterocycles. The van der Waals surface area contributed by atoms with Crippen molar-refractivity contribution in [2.75, 3.05) is 13.1 Å². The number of hydrogen-bond donors (Lipinski definition) is 1. The van der Waals surface area contributed by atoms with Crippen LogP contribution in [0, 0.1) is 5.92 Å². The molecule has 150 valence electrons. The minimum Gasteiger partial charge on any atom is -0.349 e. The Hall–Kier alpha value is -1.89. The maximum atomic E-state index is 12.8. The highest BCUT2D eigenvalue weighted by Gasteiger charge is 2.32. The van der Waals surface area contributed by atoms with Crippen molar-refractivity contribution in [1.29, 1.82) is 0 Å². The van der Waals surface area contributed by atoms with Gasteiger partial charge in [-0.2, -0.15) is 0 Å². The molecule has 1 aliphatic heterocycles. The minimum atomic E-state index is -3.51. The maximum absolute atomic E-state index is 12.8. The van der Waals surface area contributed by atoms with Gasteiger partial charge in [0.05, 0.1) is 17.7 Å². The van der Waals surface area contributed by atoms with Crippen LogP contribution in [0.15, 0.2) is 54.6 Å². The number of sulfonamides is 1. The Kier molecular flexibility index (Phi) is 6.75. The minimum absolute atomic E-state index is 0.0981. The molecule has 0 saturated carbocycles. The fourth-order valence-electron chi connectivity index (χ4n) is 3.49. The molecule has 0 spiro atoms. The number of carbonyl (C=O) groups excluding carboxylic acids is 1. The van der Waals surface area contributed by atoms with Gasteiger partial charge in [-0.25, -0.2) is 12.7 Å². The molecule has 5 nitrogen and oxygen atoms in total. The van der Waals surface area contributed by atoms with E-state index in [0.29, 0.717) is 30.0 Å². The predicted molar refractivity (Wildman–Crippen MR) is 111 cm³/mol. The molecule has 1 saturated heterocycles. The van der Waals surface area contributed by atoms with Crippen LogP contribution in [0.4, 0.5) is 0 Å². The smallest absolute Gasteiger partial charge is 0.224 e. The summed E-state index contributed by atoms with van der Waals surface area (Å²) in [4.78, 5) is 12.7. The highest BCUT2D eigenvalue weighted by Crippen LogP contribution is 2.23. The summed E-state index contributed by atoms with van der Waals surface area (Å²) in [6.45, 7) is 2.60. The van der Waals surface area contributed by atoms with Crippen LogP contribution in [0.25, 0.3) is 0 Å². The topological polar surface area (TPSA) is 66.5 Å². The number of halogens is 1. The molecule has 1 amide bonds. The Balaban J connectivity index is 1.63. The third kappa shape index (κ3) is 5.34. The van der Waals surface area contributed by atoms with E-state index in [1.807, 2.05) is 37.3 Å². The molecule has 1 aliphatic rings. The van der Waals surface area contributed by atoms with E-state index < -0.39 is 10.0 Å². The highest BCUT2D eigenvalue weighted by molar-refractivity contribution is 7.88. The van der Waals surface area contributed by atoms with Gasteiger partial charge < -0.3 is 5.32 Å². The second-order valence-electron chi connectivity index (χ2n) is 7.22. The molecule has 2 aromatic carbocycles. The zero-order valence-corrected chi connectivity index (χ0v) is 17.4. The van der Waals surface area contributed by atoms with E-state index in [9.17, 15) is 13.2 Å². The van der Waals surface area contributed by atoms with Crippen LogP contribution in [0.2, 0.25) is 5.02 Å². The molecule has 2 atom stereocenters. The summed E-state index contributed by atoms with van der Waals surface area (Å²) in [5.41, 5.74) is 1.67. The summed E-state index contributed by atoms with van der Waals surface area (Å²) in [6.07, 6.45) is 1.36. The van der Waals surface area contributed by atoms with Crippen LogP contribution < -0.4 is 5.32 Å². The lowest BCUT2D eigenvalue weighted by Crippen LogP contribution is -2.46. The Labute approximate surface area is 171 Å². The standard InChI is InChI=1S/C21H25ClN2O3S/c1-16(18-8-3-2-4-9-18)23-21(25)19-10-6-12-24(14-19)28(26,27)15-17-7-5-11-20(22)13-17/h2-5,7-9,11,13,16,19H,6,10,12,14-15H2,1H3,(H,23,25)/t16-,19?/m1/s1. The number of carbonyl (C=O) groups is 1. The number of amides is 1. The molecule has 0 bridgehead atoms. The normalized spacial score (nSPS) is 19.1. The fourth-order valence-corrected chi connectivity index (χ4v) is 5.30. The van der Waals surface area contributed by atoms with Crippen molar-refractivity contribution in [3.05, 3.63) is 70.7 Å². The van der Waals surface area contributed by atoms with Crippen molar-refractivity contribution in [2.45, 2.75) is 31.6 Å². The largest absolute Gasteiger partial charge is 0.349 e. The first-order chi connectivity index (χ1) is 13.3. The van der Waals surface area contributed by atoms with E-state index in [1.165, 1.54) is 4.31 Å². The molecule has 1 fully saturated rings. The van der Waals surface area contributed by atoms with Gasteiger partial charge in [0.25, 0.3) is 0 Å². The van der Waals surface area contributed by atoms with E-state index in [1.54, 1.807) is 24.3 Å². The number of nitrogens with one attached hydrogen (secondary N) is 1. The molecule has 2 aromatic rings. The van der Waals surface area contributed by atoms with E-state index >= 15 is 0 Å². The van der Waals surface area contributed by atoms with Gasteiger partial charge in [-0.3, -0.25) is 4.79 Å². The van der Waals surface area contributed by atoms with Gasteiger partial charge in [-0.05, 0) is 43.0 Å². The maximum Gasteiger partial charge on any atom is 0.224 e. The molecule has 0 aromatic heterocycles. The lowest BCUT2D eigenvalue weighted by Gasteiger charge is -2.32. The molecule has 0 aliphatic carbocycles. The van der Waals surface area contributed by atoms with Crippen LogP contribution >= 0.6 is 11.6 Å². The van der Waals surface area contributed by atoms with Gasteiger partial charge in [-0.1, -0.05) is 54.1 Å². The van der Waals surface area contributed by atoms with Crippen molar-refractivity contribution >= 4 is 27.5 Å². The van der Waals surface area contributed by atoms with Gasteiger partial charge in [0, 0.05) is 18.1 Å². The lowest BCUT2D eigenvalue weighted by molar-refractivity contribution is -0.126. The summed E-state index contributed by atoms with van der Waals surface area (Å²) < 4.78 is 27.1. The Morgan fingerprint density at radius 1 is 1.21 bits per heavy atom. The quantitative estimate of drug-likeness (QED) is 0.773. The number of hydrogen-bond acceptors (Lipinski definition) is 3. The van der Waals surface area contributed by atoms with Gasteiger partial charge in [0.2, 0.25) is 15.9 Å². The van der Waals surface area contributed by atoms with E-state index in [0.717, 1.165) is 5.56 Å². The second-order valence-corrected chi connectivity index (χ2v) is 9.63. The Bertz CT molecular complexity index is 918. The van der Waals surface area contributed by atoms with Gasteiger partial charge in [-0.15, -0.1) is 0 Å². The number of rotatable bonds is 6. The van der Waals surface area contributed by atoms with Crippen molar-refractivity contribution in [2.24, 2.45) is 5.92 Å². The zero-order chi connectivity index (χ0) is 20.1. The Morgan fingerprint density at radius 2 is 1.96 bits per heavy atom. The van der Waals surface area contributed by atoms with Crippen LogP contribution in [-0.4, -0.2) is 31.7 Å². The Morgan fingerprint density at radius 3 is 2.68 bits per heavy atom. The first kappa shape index (κ1) is 20.8. The summed E-state index contributed by atoms with van der Waals surface area (Å²) in [5, 5.41) is 3.53. The van der Waals surface area contributed by atoms with Crippen molar-refractivity contribution in [3.63, 3.8) is 0 Å². The van der Waals surface area contributed by atoms with Crippen molar-refractivity contribution in [1.82, 2.24) is 9.62 Å². The van der Waals surface area contributed by atoms with Crippen molar-refractivity contribution in [3.8, 4) is 0 Å². The van der Waals surface area contributed by atoms with Crippen LogP contribution in [0.1, 0.15) is 36.9 Å². The third-order valence-electron chi connectivity index (χ3n) is 5.04. The average molecular weight is 421 g/mol. The molecule has 3 rings (SSSR count). The molecule has 7 heteroatoms. The van der Waals surface area contributed by atoms with Crippen molar-refractivity contribution < 1.29 is 13.2 Å². The fraction of sp³-hybridized carbons (Fsp3) is 0.381. The first-order valence-corrected chi connectivity index (χ1v) is 11.4. The number of nitrogens with zero attached hydrogens (tertiary/aromatic N) is 1. The predicted octanol–water partition coefficient (Wildman–Crippen LogP) is 3.76. The molecule has 1 unspecified atom stereocenters. The summed E-state index contributed by atoms with van der Waals surface area (Å²) in [6, 6.07) is 16.5. The summed E-state index contributed by atoms with van der Waals surface area (Å²) in [5.74, 6) is -0.546. The third-order valence-corrected chi connectivity index (χ3v) is 7.10. The summed E-state index contributed by atoms with van der Waals surface area (Å²) in [7, 11) is -3.51. The molecule has 28 heavy (non-hydrogen) atoms. The molecule has 0 radical (unpaired) electrons.